The highest BCUT2D eigenvalue weighted by Crippen LogP contribution is 2.28. The Morgan fingerprint density at radius 3 is 2.82 bits per heavy atom. The number of aryl methyl sites for hydroxylation is 1. The van der Waals surface area contributed by atoms with E-state index in [2.05, 4.69) is 25.6 Å². The largest absolute Gasteiger partial charge is 0.336 e. The van der Waals surface area contributed by atoms with Gasteiger partial charge in [-0.1, -0.05) is 19.3 Å². The maximum atomic E-state index is 11.9. The molecule has 1 saturated heterocycles. The number of hydrogen-bond acceptors (Lipinski definition) is 4. The number of amides is 2. The third-order valence-corrected chi connectivity index (χ3v) is 4.79. The molecule has 2 amide bonds. The Morgan fingerprint density at radius 1 is 1.27 bits per heavy atom. The van der Waals surface area contributed by atoms with E-state index in [0.717, 1.165) is 6.04 Å². The molecule has 1 aromatic rings. The van der Waals surface area contributed by atoms with E-state index in [1.54, 1.807) is 18.1 Å². The molecule has 0 radical (unpaired) electrons. The molecule has 0 unspecified atom stereocenters. The molecule has 1 atom stereocenters. The molecule has 7 nitrogen and oxygen atoms in total. The van der Waals surface area contributed by atoms with Crippen LogP contribution in [0.5, 0.6) is 0 Å². The smallest absolute Gasteiger partial charge is 0.321 e. The first-order chi connectivity index (χ1) is 10.7. The van der Waals surface area contributed by atoms with Crippen LogP contribution < -0.4 is 10.6 Å². The number of aromatic nitrogens is 3. The second kappa shape index (κ2) is 7.09. The summed E-state index contributed by atoms with van der Waals surface area (Å²) in [5.41, 5.74) is 0. The van der Waals surface area contributed by atoms with Crippen LogP contribution in [-0.4, -0.2) is 50.9 Å². The minimum atomic E-state index is -0.221. The van der Waals surface area contributed by atoms with Crippen LogP contribution >= 0.6 is 0 Å². The van der Waals surface area contributed by atoms with Gasteiger partial charge in [-0.25, -0.2) is 9.78 Å². The minimum Gasteiger partial charge on any atom is -0.336 e. The summed E-state index contributed by atoms with van der Waals surface area (Å²) in [5, 5.41) is 9.68. The zero-order chi connectivity index (χ0) is 15.4. The summed E-state index contributed by atoms with van der Waals surface area (Å²) in [6.45, 7) is 1.88. The van der Waals surface area contributed by atoms with Crippen molar-refractivity contribution in [3.63, 3.8) is 0 Å². The van der Waals surface area contributed by atoms with Gasteiger partial charge in [-0.2, -0.15) is 0 Å². The highest BCUT2D eigenvalue weighted by molar-refractivity contribution is 5.87. The summed E-state index contributed by atoms with van der Waals surface area (Å²) < 4.78 is 1.57. The van der Waals surface area contributed by atoms with Crippen LogP contribution in [0.25, 0.3) is 0 Å². The van der Waals surface area contributed by atoms with Gasteiger partial charge in [-0.3, -0.25) is 14.9 Å². The Hall–Kier alpha value is -1.63. The molecule has 2 N–H and O–H groups in total. The number of likely N-dealkylation sites (tertiary alicyclic amines) is 1. The predicted octanol–water partition coefficient (Wildman–Crippen LogP) is 1.73. The van der Waals surface area contributed by atoms with Gasteiger partial charge in [0.05, 0.1) is 0 Å². The van der Waals surface area contributed by atoms with Crippen molar-refractivity contribution in [3.05, 3.63) is 6.33 Å². The highest BCUT2D eigenvalue weighted by Gasteiger charge is 2.31. The summed E-state index contributed by atoms with van der Waals surface area (Å²) in [7, 11) is 1.77. The molecule has 0 aromatic carbocycles. The zero-order valence-electron chi connectivity index (χ0n) is 13.3. The number of nitrogens with zero attached hydrogens (tertiary/aromatic N) is 4. The maximum absolute atomic E-state index is 11.9. The topological polar surface area (TPSA) is 75.1 Å². The van der Waals surface area contributed by atoms with Gasteiger partial charge in [0.15, 0.2) is 0 Å². The average molecular weight is 306 g/mol. The van der Waals surface area contributed by atoms with E-state index in [1.807, 2.05) is 0 Å². The summed E-state index contributed by atoms with van der Waals surface area (Å²) >= 11 is 0. The van der Waals surface area contributed by atoms with Gasteiger partial charge in [-0.15, -0.1) is 5.10 Å². The van der Waals surface area contributed by atoms with Gasteiger partial charge in [0.1, 0.15) is 6.33 Å². The van der Waals surface area contributed by atoms with Gasteiger partial charge in [-0.05, 0) is 32.2 Å². The number of carbonyl (C=O) groups excluding carboxylic acids is 1. The van der Waals surface area contributed by atoms with Gasteiger partial charge in [0, 0.05) is 25.7 Å². The van der Waals surface area contributed by atoms with Crippen LogP contribution in [0.15, 0.2) is 6.33 Å². The monoisotopic (exact) mass is 306 g/mol. The number of hydrogen-bond donors (Lipinski definition) is 2. The molecule has 2 aliphatic rings. The minimum absolute atomic E-state index is 0.221. The highest BCUT2D eigenvalue weighted by atomic mass is 16.2. The van der Waals surface area contributed by atoms with E-state index in [-0.39, 0.29) is 6.03 Å². The Kier molecular flexibility index (Phi) is 4.92. The summed E-state index contributed by atoms with van der Waals surface area (Å²) in [6, 6.07) is 0.982. The van der Waals surface area contributed by atoms with Gasteiger partial charge in [0.25, 0.3) is 0 Å². The number of carbonyl (C=O) groups is 1. The fourth-order valence-electron chi connectivity index (χ4n) is 3.72. The van der Waals surface area contributed by atoms with Crippen molar-refractivity contribution in [1.82, 2.24) is 25.0 Å². The van der Waals surface area contributed by atoms with E-state index in [1.165, 1.54) is 51.5 Å². The number of nitrogens with one attached hydrogen (secondary N) is 2. The van der Waals surface area contributed by atoms with E-state index in [0.29, 0.717) is 18.5 Å². The fraction of sp³-hybridized carbons (Fsp3) is 0.800. The van der Waals surface area contributed by atoms with E-state index >= 15 is 0 Å². The molecule has 3 rings (SSSR count). The molecule has 2 heterocycles. The van der Waals surface area contributed by atoms with Gasteiger partial charge >= 0.3 is 6.03 Å². The Labute approximate surface area is 131 Å². The number of rotatable bonds is 4. The third-order valence-electron chi connectivity index (χ3n) is 4.79. The van der Waals surface area contributed by atoms with Gasteiger partial charge in [0.2, 0.25) is 5.95 Å². The van der Waals surface area contributed by atoms with Crippen molar-refractivity contribution < 1.29 is 4.79 Å². The van der Waals surface area contributed by atoms with Crippen LogP contribution in [0, 0.1) is 0 Å². The summed E-state index contributed by atoms with van der Waals surface area (Å²) in [6.07, 6.45) is 10.7. The lowest BCUT2D eigenvalue weighted by Gasteiger charge is -2.35. The molecular formula is C15H26N6O. The zero-order valence-corrected chi connectivity index (χ0v) is 13.3. The molecule has 1 saturated carbocycles. The molecule has 2 fully saturated rings. The standard InChI is InChI=1S/C15H26N6O/c1-20-11-17-14(19-20)18-15(22)16-10-13-8-5-9-21(13)12-6-3-2-4-7-12/h11-13H,2-10H2,1H3,(H2,16,18,19,22)/t13-/m0/s1. The normalized spacial score (nSPS) is 23.6. The lowest BCUT2D eigenvalue weighted by Crippen LogP contribution is -2.46. The van der Waals surface area contributed by atoms with Crippen molar-refractivity contribution in [2.75, 3.05) is 18.4 Å². The molecule has 22 heavy (non-hydrogen) atoms. The second-order valence-corrected chi connectivity index (χ2v) is 6.40. The van der Waals surface area contributed by atoms with Crippen molar-refractivity contribution in [1.29, 1.82) is 0 Å². The van der Waals surface area contributed by atoms with E-state index < -0.39 is 0 Å². The lowest BCUT2D eigenvalue weighted by molar-refractivity contribution is 0.141. The fourth-order valence-corrected chi connectivity index (χ4v) is 3.72. The molecule has 0 spiro atoms. The molecule has 122 valence electrons. The third kappa shape index (κ3) is 3.76. The van der Waals surface area contributed by atoms with Crippen LogP contribution in [0.3, 0.4) is 0 Å². The van der Waals surface area contributed by atoms with E-state index in [9.17, 15) is 4.79 Å². The summed E-state index contributed by atoms with van der Waals surface area (Å²) in [4.78, 5) is 18.5. The molecule has 1 aliphatic heterocycles. The first kappa shape index (κ1) is 15.3. The molecule has 0 bridgehead atoms. The number of anilines is 1. The van der Waals surface area contributed by atoms with Crippen molar-refractivity contribution in [2.24, 2.45) is 7.05 Å². The van der Waals surface area contributed by atoms with Crippen LogP contribution in [0.2, 0.25) is 0 Å². The SMILES string of the molecule is Cn1cnc(NC(=O)NC[C@@H]2CCCN2C2CCCCC2)n1. The Morgan fingerprint density at radius 2 is 2.09 bits per heavy atom. The van der Waals surface area contributed by atoms with Crippen molar-refractivity contribution >= 4 is 12.0 Å². The maximum Gasteiger partial charge on any atom is 0.321 e. The van der Waals surface area contributed by atoms with Crippen LogP contribution in [0.1, 0.15) is 44.9 Å². The van der Waals surface area contributed by atoms with E-state index in [4.69, 9.17) is 0 Å². The Bertz CT molecular complexity index is 496. The lowest BCUT2D eigenvalue weighted by atomic mass is 9.94. The first-order valence-corrected chi connectivity index (χ1v) is 8.38. The molecule has 1 aromatic heterocycles. The van der Waals surface area contributed by atoms with Crippen molar-refractivity contribution in [3.8, 4) is 0 Å². The molecule has 1 aliphatic carbocycles. The van der Waals surface area contributed by atoms with Crippen LogP contribution in [-0.2, 0) is 7.05 Å². The average Bonchev–Trinajstić information content (AvgIpc) is 3.15. The number of urea groups is 1. The van der Waals surface area contributed by atoms with Crippen molar-refractivity contribution in [2.45, 2.75) is 57.0 Å². The summed E-state index contributed by atoms with van der Waals surface area (Å²) in [5.74, 6) is 0.343. The van der Waals surface area contributed by atoms with Crippen LogP contribution in [0.4, 0.5) is 10.7 Å². The molecular weight excluding hydrogens is 280 g/mol. The van der Waals surface area contributed by atoms with Gasteiger partial charge < -0.3 is 5.32 Å². The second-order valence-electron chi connectivity index (χ2n) is 6.40. The predicted molar refractivity (Wildman–Crippen MR) is 84.6 cm³/mol. The Balaban J connectivity index is 1.46. The quantitative estimate of drug-likeness (QED) is 0.888. The first-order valence-electron chi connectivity index (χ1n) is 8.38. The molecule has 7 heteroatoms.